The number of hydrogen-bond donors (Lipinski definition) is 2. The van der Waals surface area contributed by atoms with E-state index in [0.29, 0.717) is 26.1 Å². The lowest BCUT2D eigenvalue weighted by atomic mass is 10.2. The quantitative estimate of drug-likeness (QED) is 0.660. The van der Waals surface area contributed by atoms with Crippen molar-refractivity contribution in [2.24, 2.45) is 0 Å². The summed E-state index contributed by atoms with van der Waals surface area (Å²) in [5.41, 5.74) is 0. The third-order valence-electron chi connectivity index (χ3n) is 3.44. The molecule has 2 aliphatic rings. The first-order chi connectivity index (χ1) is 8.03. The summed E-state index contributed by atoms with van der Waals surface area (Å²) in [6.07, 6.45) is 1.55. The molecule has 2 saturated heterocycles. The van der Waals surface area contributed by atoms with Crippen molar-refractivity contribution in [1.82, 2.24) is 14.9 Å². The van der Waals surface area contributed by atoms with Crippen molar-refractivity contribution < 1.29 is 13.2 Å². The van der Waals surface area contributed by atoms with Gasteiger partial charge in [-0.2, -0.15) is 4.31 Å². The fraction of sp³-hybridized carbons (Fsp3) is 0.900. The molecule has 2 aliphatic heterocycles. The number of nitrogens with zero attached hydrogens (tertiary/aromatic N) is 1. The zero-order valence-electron chi connectivity index (χ0n) is 9.98. The van der Waals surface area contributed by atoms with Gasteiger partial charge in [0.25, 0.3) is 0 Å². The first-order valence-corrected chi connectivity index (χ1v) is 7.53. The second kappa shape index (κ2) is 4.91. The number of carbonyl (C=O) groups excluding carboxylic acids is 1. The fourth-order valence-electron chi connectivity index (χ4n) is 2.37. The Morgan fingerprint density at radius 2 is 2.12 bits per heavy atom. The van der Waals surface area contributed by atoms with Crippen LogP contribution >= 0.6 is 0 Å². The number of rotatable bonds is 2. The summed E-state index contributed by atoms with van der Waals surface area (Å²) in [7, 11) is -3.36. The van der Waals surface area contributed by atoms with Crippen LogP contribution in [0.4, 0.5) is 0 Å². The summed E-state index contributed by atoms with van der Waals surface area (Å²) in [6.45, 7) is 3.80. The molecule has 17 heavy (non-hydrogen) atoms. The SMILES string of the molecule is CC1C(=O)NCCN1S(=O)(=O)C1CCCNC1. The molecule has 7 heteroatoms. The van der Waals surface area contributed by atoms with Crippen LogP contribution in [-0.4, -0.2) is 56.1 Å². The molecule has 0 aromatic rings. The molecule has 2 N–H and O–H groups in total. The molecule has 2 unspecified atom stereocenters. The number of hydrogen-bond acceptors (Lipinski definition) is 4. The van der Waals surface area contributed by atoms with Gasteiger partial charge in [-0.25, -0.2) is 8.42 Å². The van der Waals surface area contributed by atoms with E-state index in [1.807, 2.05) is 0 Å². The number of nitrogens with one attached hydrogen (secondary N) is 2. The summed E-state index contributed by atoms with van der Waals surface area (Å²) < 4.78 is 26.2. The number of sulfonamides is 1. The standard InChI is InChI=1S/C10H19N3O3S/c1-8-10(14)12-5-6-13(8)17(15,16)9-3-2-4-11-7-9/h8-9,11H,2-7H2,1H3,(H,12,14). The lowest BCUT2D eigenvalue weighted by molar-refractivity contribution is -0.126. The van der Waals surface area contributed by atoms with Crippen molar-refractivity contribution in [1.29, 1.82) is 0 Å². The molecule has 0 saturated carbocycles. The van der Waals surface area contributed by atoms with Crippen LogP contribution in [0.15, 0.2) is 0 Å². The van der Waals surface area contributed by atoms with Gasteiger partial charge in [0, 0.05) is 19.6 Å². The number of amides is 1. The third-order valence-corrected chi connectivity index (χ3v) is 5.84. The van der Waals surface area contributed by atoms with Gasteiger partial charge in [-0.15, -0.1) is 0 Å². The molecule has 0 bridgehead atoms. The highest BCUT2D eigenvalue weighted by Gasteiger charge is 2.39. The van der Waals surface area contributed by atoms with Crippen molar-refractivity contribution in [3.8, 4) is 0 Å². The molecule has 6 nitrogen and oxygen atoms in total. The molecular weight excluding hydrogens is 242 g/mol. The van der Waals surface area contributed by atoms with Crippen LogP contribution in [0.2, 0.25) is 0 Å². The highest BCUT2D eigenvalue weighted by molar-refractivity contribution is 7.89. The minimum atomic E-state index is -3.36. The fourth-order valence-corrected chi connectivity index (χ4v) is 4.43. The van der Waals surface area contributed by atoms with E-state index in [1.54, 1.807) is 6.92 Å². The lowest BCUT2D eigenvalue weighted by Crippen LogP contribution is -2.58. The van der Waals surface area contributed by atoms with E-state index in [9.17, 15) is 13.2 Å². The normalized spacial score (nSPS) is 32.2. The molecule has 2 fully saturated rings. The van der Waals surface area contributed by atoms with Gasteiger partial charge in [0.1, 0.15) is 6.04 Å². The highest BCUT2D eigenvalue weighted by Crippen LogP contribution is 2.19. The maximum atomic E-state index is 12.4. The van der Waals surface area contributed by atoms with Gasteiger partial charge in [-0.05, 0) is 26.3 Å². The highest BCUT2D eigenvalue weighted by atomic mass is 32.2. The minimum absolute atomic E-state index is 0.205. The summed E-state index contributed by atoms with van der Waals surface area (Å²) in [6, 6.07) is -0.587. The Kier molecular flexibility index (Phi) is 3.70. The molecule has 1 amide bonds. The van der Waals surface area contributed by atoms with Crippen molar-refractivity contribution in [3.05, 3.63) is 0 Å². The van der Waals surface area contributed by atoms with Crippen molar-refractivity contribution >= 4 is 15.9 Å². The van der Waals surface area contributed by atoms with Gasteiger partial charge in [0.15, 0.2) is 0 Å². The average Bonchev–Trinajstić information content (AvgIpc) is 2.33. The van der Waals surface area contributed by atoms with Gasteiger partial charge in [-0.1, -0.05) is 0 Å². The predicted octanol–water partition coefficient (Wildman–Crippen LogP) is -1.11. The van der Waals surface area contributed by atoms with Crippen LogP contribution in [0.1, 0.15) is 19.8 Å². The molecule has 98 valence electrons. The third kappa shape index (κ3) is 2.46. The Balaban J connectivity index is 2.16. The molecule has 2 atom stereocenters. The minimum Gasteiger partial charge on any atom is -0.353 e. The Labute approximate surface area is 102 Å². The summed E-state index contributed by atoms with van der Waals surface area (Å²) in [4.78, 5) is 11.5. The van der Waals surface area contributed by atoms with E-state index in [2.05, 4.69) is 10.6 Å². The first kappa shape index (κ1) is 12.8. The largest absolute Gasteiger partial charge is 0.353 e. The van der Waals surface area contributed by atoms with Crippen LogP contribution in [0.3, 0.4) is 0 Å². The van der Waals surface area contributed by atoms with Crippen molar-refractivity contribution in [3.63, 3.8) is 0 Å². The van der Waals surface area contributed by atoms with Crippen LogP contribution in [-0.2, 0) is 14.8 Å². The van der Waals surface area contributed by atoms with Crippen LogP contribution in [0, 0.1) is 0 Å². The Morgan fingerprint density at radius 1 is 1.35 bits per heavy atom. The van der Waals surface area contributed by atoms with E-state index in [0.717, 1.165) is 13.0 Å². The van der Waals surface area contributed by atoms with Crippen LogP contribution in [0.25, 0.3) is 0 Å². The Hall–Kier alpha value is -0.660. The van der Waals surface area contributed by atoms with E-state index in [1.165, 1.54) is 4.31 Å². The first-order valence-electron chi connectivity index (χ1n) is 6.02. The van der Waals surface area contributed by atoms with Gasteiger partial charge < -0.3 is 10.6 Å². The van der Waals surface area contributed by atoms with E-state index < -0.39 is 16.1 Å². The van der Waals surface area contributed by atoms with Gasteiger partial charge in [-0.3, -0.25) is 4.79 Å². The predicted molar refractivity (Wildman–Crippen MR) is 64.0 cm³/mol. The second-order valence-electron chi connectivity index (χ2n) is 4.59. The maximum absolute atomic E-state index is 12.4. The van der Waals surface area contributed by atoms with Gasteiger partial charge in [0.2, 0.25) is 15.9 Å². The van der Waals surface area contributed by atoms with Crippen molar-refractivity contribution in [2.45, 2.75) is 31.1 Å². The van der Waals surface area contributed by atoms with E-state index in [-0.39, 0.29) is 11.2 Å². The zero-order valence-corrected chi connectivity index (χ0v) is 10.8. The number of piperidine rings is 1. The van der Waals surface area contributed by atoms with Crippen LogP contribution in [0.5, 0.6) is 0 Å². The lowest BCUT2D eigenvalue weighted by Gasteiger charge is -2.35. The summed E-state index contributed by atoms with van der Waals surface area (Å²) >= 11 is 0. The van der Waals surface area contributed by atoms with Gasteiger partial charge in [0.05, 0.1) is 5.25 Å². The van der Waals surface area contributed by atoms with Gasteiger partial charge >= 0.3 is 0 Å². The zero-order chi connectivity index (χ0) is 12.5. The molecule has 2 rings (SSSR count). The maximum Gasteiger partial charge on any atom is 0.238 e. The molecule has 0 spiro atoms. The summed E-state index contributed by atoms with van der Waals surface area (Å²) in [5.74, 6) is -0.205. The van der Waals surface area contributed by atoms with Crippen molar-refractivity contribution in [2.75, 3.05) is 26.2 Å². The van der Waals surface area contributed by atoms with E-state index >= 15 is 0 Å². The molecule has 0 aliphatic carbocycles. The molecule has 2 heterocycles. The average molecular weight is 261 g/mol. The Bertz CT molecular complexity index is 390. The topological polar surface area (TPSA) is 78.5 Å². The summed E-state index contributed by atoms with van der Waals surface area (Å²) in [5, 5.41) is 5.39. The smallest absolute Gasteiger partial charge is 0.238 e. The molecular formula is C10H19N3O3S. The van der Waals surface area contributed by atoms with E-state index in [4.69, 9.17) is 0 Å². The van der Waals surface area contributed by atoms with Crippen LogP contribution < -0.4 is 10.6 Å². The Morgan fingerprint density at radius 3 is 2.76 bits per heavy atom. The molecule has 0 aromatic carbocycles. The second-order valence-corrected chi connectivity index (χ2v) is 6.76. The molecule has 0 radical (unpaired) electrons. The number of carbonyl (C=O) groups is 1. The number of piperazine rings is 1. The molecule has 0 aromatic heterocycles. The monoisotopic (exact) mass is 261 g/mol.